The van der Waals surface area contributed by atoms with E-state index in [0.717, 1.165) is 10.8 Å². The summed E-state index contributed by atoms with van der Waals surface area (Å²) in [4.78, 5) is 24.4. The summed E-state index contributed by atoms with van der Waals surface area (Å²) in [5, 5.41) is 3.75. The van der Waals surface area contributed by atoms with Crippen LogP contribution in [0, 0.1) is 0 Å². The van der Waals surface area contributed by atoms with Crippen LogP contribution < -0.4 is 11.1 Å². The number of carbonyl (C=O) groups excluding carboxylic acids is 2. The van der Waals surface area contributed by atoms with E-state index in [4.69, 9.17) is 5.73 Å². The van der Waals surface area contributed by atoms with Crippen molar-refractivity contribution in [3.8, 4) is 0 Å². The minimum Gasteiger partial charge on any atom is -0.368 e. The Morgan fingerprint density at radius 2 is 1.41 bits per heavy atom. The molecule has 0 spiro atoms. The summed E-state index contributed by atoms with van der Waals surface area (Å²) in [5.41, 5.74) is 1.79. The Labute approximate surface area is 178 Å². The fourth-order valence-electron chi connectivity index (χ4n) is 3.24. The second-order valence-corrected chi connectivity index (χ2v) is 7.07. The number of fused-ring (bicyclic) bond motifs is 1. The summed E-state index contributed by atoms with van der Waals surface area (Å²) < 4.78 is 78.3. The SMILES string of the molecule is NC(=O)[C@H](Cc1cccc2ccccc12)NC(=O)c1cc(C(F)(F)F)cc(C(F)(F)F)c1. The second-order valence-electron chi connectivity index (χ2n) is 7.07. The highest BCUT2D eigenvalue weighted by atomic mass is 19.4. The monoisotopic (exact) mass is 454 g/mol. The van der Waals surface area contributed by atoms with E-state index >= 15 is 0 Å². The molecule has 0 saturated carbocycles. The number of amides is 2. The quantitative estimate of drug-likeness (QED) is 0.549. The maximum absolute atomic E-state index is 13.1. The molecule has 2 amide bonds. The summed E-state index contributed by atoms with van der Waals surface area (Å²) in [6.07, 6.45) is -10.3. The van der Waals surface area contributed by atoms with Gasteiger partial charge in [0.2, 0.25) is 5.91 Å². The van der Waals surface area contributed by atoms with Crippen molar-refractivity contribution in [1.29, 1.82) is 0 Å². The molecule has 3 aromatic carbocycles. The first kappa shape index (κ1) is 23.1. The molecule has 3 aromatic rings. The third-order valence-electron chi connectivity index (χ3n) is 4.80. The van der Waals surface area contributed by atoms with E-state index < -0.39 is 46.9 Å². The molecule has 168 valence electrons. The van der Waals surface area contributed by atoms with Crippen molar-refractivity contribution >= 4 is 22.6 Å². The minimum absolute atomic E-state index is 0.0849. The molecule has 3 rings (SSSR count). The van der Waals surface area contributed by atoms with Crippen molar-refractivity contribution in [1.82, 2.24) is 5.32 Å². The highest BCUT2D eigenvalue weighted by Gasteiger charge is 2.37. The first-order chi connectivity index (χ1) is 14.9. The number of hydrogen-bond donors (Lipinski definition) is 2. The molecule has 0 bridgehead atoms. The van der Waals surface area contributed by atoms with Crippen LogP contribution in [0.15, 0.2) is 60.7 Å². The maximum Gasteiger partial charge on any atom is 0.416 e. The van der Waals surface area contributed by atoms with Crippen LogP contribution in [-0.4, -0.2) is 17.9 Å². The van der Waals surface area contributed by atoms with Gasteiger partial charge in [0.1, 0.15) is 6.04 Å². The molecule has 32 heavy (non-hydrogen) atoms. The lowest BCUT2D eigenvalue weighted by Gasteiger charge is -2.18. The predicted octanol–water partition coefficient (Wildman–Crippen LogP) is 4.70. The lowest BCUT2D eigenvalue weighted by atomic mass is 9.98. The molecule has 0 aliphatic heterocycles. The normalized spacial score (nSPS) is 13.1. The highest BCUT2D eigenvalue weighted by molar-refractivity contribution is 5.98. The van der Waals surface area contributed by atoms with Gasteiger partial charge in [-0.05, 0) is 34.5 Å². The van der Waals surface area contributed by atoms with Crippen molar-refractivity contribution in [3.05, 3.63) is 82.9 Å². The van der Waals surface area contributed by atoms with E-state index in [2.05, 4.69) is 5.32 Å². The average Bonchev–Trinajstić information content (AvgIpc) is 2.71. The maximum atomic E-state index is 13.1. The second kappa shape index (κ2) is 8.52. The number of hydrogen-bond acceptors (Lipinski definition) is 2. The van der Waals surface area contributed by atoms with Gasteiger partial charge in [-0.3, -0.25) is 9.59 Å². The number of benzene rings is 3. The molecule has 1 atom stereocenters. The molecular formula is C22H16F6N2O2. The van der Waals surface area contributed by atoms with Crippen molar-refractivity contribution in [2.45, 2.75) is 24.8 Å². The Morgan fingerprint density at radius 3 is 1.97 bits per heavy atom. The van der Waals surface area contributed by atoms with Gasteiger partial charge in [-0.25, -0.2) is 0 Å². The van der Waals surface area contributed by atoms with Crippen LogP contribution >= 0.6 is 0 Å². The van der Waals surface area contributed by atoms with Crippen LogP contribution in [0.5, 0.6) is 0 Å². The smallest absolute Gasteiger partial charge is 0.368 e. The number of nitrogens with two attached hydrogens (primary N) is 1. The van der Waals surface area contributed by atoms with E-state index in [1.165, 1.54) is 0 Å². The van der Waals surface area contributed by atoms with Crippen LogP contribution in [0.2, 0.25) is 0 Å². The Balaban J connectivity index is 1.93. The van der Waals surface area contributed by atoms with Gasteiger partial charge >= 0.3 is 12.4 Å². The molecule has 10 heteroatoms. The molecule has 0 heterocycles. The molecular weight excluding hydrogens is 438 g/mol. The molecule has 0 aromatic heterocycles. The lowest BCUT2D eigenvalue weighted by molar-refractivity contribution is -0.143. The number of alkyl halides is 6. The summed E-state index contributed by atoms with van der Waals surface area (Å²) in [5.74, 6) is -2.28. The van der Waals surface area contributed by atoms with E-state index in [-0.39, 0.29) is 12.5 Å². The van der Waals surface area contributed by atoms with Crippen LogP contribution in [0.1, 0.15) is 27.0 Å². The van der Waals surface area contributed by atoms with E-state index in [0.29, 0.717) is 17.7 Å². The summed E-state index contributed by atoms with van der Waals surface area (Å²) >= 11 is 0. The zero-order chi connectivity index (χ0) is 23.7. The highest BCUT2D eigenvalue weighted by Crippen LogP contribution is 2.36. The van der Waals surface area contributed by atoms with E-state index in [1.54, 1.807) is 30.3 Å². The Bertz CT molecular complexity index is 1130. The summed E-state index contributed by atoms with van der Waals surface area (Å²) in [7, 11) is 0. The number of halogens is 6. The Kier molecular flexibility index (Phi) is 6.16. The van der Waals surface area contributed by atoms with Gasteiger partial charge < -0.3 is 11.1 Å². The topological polar surface area (TPSA) is 72.2 Å². The largest absolute Gasteiger partial charge is 0.416 e. The Hall–Kier alpha value is -3.56. The average molecular weight is 454 g/mol. The van der Waals surface area contributed by atoms with Crippen molar-refractivity contribution in [3.63, 3.8) is 0 Å². The van der Waals surface area contributed by atoms with E-state index in [1.807, 2.05) is 12.1 Å². The Morgan fingerprint density at radius 1 is 0.844 bits per heavy atom. The van der Waals surface area contributed by atoms with Crippen molar-refractivity contribution in [2.75, 3.05) is 0 Å². The molecule has 3 N–H and O–H groups in total. The summed E-state index contributed by atoms with van der Waals surface area (Å²) in [6, 6.07) is 11.5. The van der Waals surface area contributed by atoms with Crippen molar-refractivity contribution in [2.24, 2.45) is 5.73 Å². The van der Waals surface area contributed by atoms with Gasteiger partial charge in [0, 0.05) is 12.0 Å². The zero-order valence-corrected chi connectivity index (χ0v) is 16.2. The number of rotatable bonds is 5. The minimum atomic E-state index is -5.11. The predicted molar refractivity (Wildman–Crippen MR) is 105 cm³/mol. The third-order valence-corrected chi connectivity index (χ3v) is 4.80. The van der Waals surface area contributed by atoms with Gasteiger partial charge in [-0.15, -0.1) is 0 Å². The van der Waals surface area contributed by atoms with Gasteiger partial charge in [-0.2, -0.15) is 26.3 Å². The molecule has 0 aliphatic carbocycles. The van der Waals surface area contributed by atoms with Gasteiger partial charge in [0.15, 0.2) is 0 Å². The fraction of sp³-hybridized carbons (Fsp3) is 0.182. The molecule has 0 aliphatic rings. The molecule has 0 fully saturated rings. The van der Waals surface area contributed by atoms with E-state index in [9.17, 15) is 35.9 Å². The van der Waals surface area contributed by atoms with Crippen LogP contribution in [-0.2, 0) is 23.6 Å². The van der Waals surface area contributed by atoms with Crippen LogP contribution in [0.25, 0.3) is 10.8 Å². The third kappa shape index (κ3) is 5.19. The van der Waals surface area contributed by atoms with Gasteiger partial charge in [0.05, 0.1) is 11.1 Å². The molecule has 0 radical (unpaired) electrons. The van der Waals surface area contributed by atoms with Crippen LogP contribution in [0.4, 0.5) is 26.3 Å². The van der Waals surface area contributed by atoms with Gasteiger partial charge in [0.25, 0.3) is 5.91 Å². The standard InChI is InChI=1S/C22H16F6N2O2/c23-21(24,25)15-8-14(9-16(11-15)22(26,27)28)20(32)30-18(19(29)31)10-13-6-3-5-12-4-1-2-7-17(12)13/h1-9,11,18H,10H2,(H2,29,31)(H,30,32)/t18-/m0/s1. The zero-order valence-electron chi connectivity index (χ0n) is 16.2. The molecule has 0 saturated heterocycles. The van der Waals surface area contributed by atoms with Crippen molar-refractivity contribution < 1.29 is 35.9 Å². The molecule has 4 nitrogen and oxygen atoms in total. The van der Waals surface area contributed by atoms with Crippen LogP contribution in [0.3, 0.4) is 0 Å². The first-order valence-corrected chi connectivity index (χ1v) is 9.22. The molecule has 0 unspecified atom stereocenters. The summed E-state index contributed by atoms with van der Waals surface area (Å²) in [6.45, 7) is 0. The number of carbonyl (C=O) groups is 2. The number of nitrogens with one attached hydrogen (secondary N) is 1. The van der Waals surface area contributed by atoms with Gasteiger partial charge in [-0.1, -0.05) is 42.5 Å². The first-order valence-electron chi connectivity index (χ1n) is 9.22. The number of primary amides is 1. The fourth-order valence-corrected chi connectivity index (χ4v) is 3.24. The lowest BCUT2D eigenvalue weighted by Crippen LogP contribution is -2.46.